The van der Waals surface area contributed by atoms with Crippen LogP contribution in [-0.2, 0) is 4.74 Å². The zero-order chi connectivity index (χ0) is 8.93. The summed E-state index contributed by atoms with van der Waals surface area (Å²) in [6, 6.07) is 1.91. The zero-order valence-electron chi connectivity index (χ0n) is 7.44. The fourth-order valence-electron chi connectivity index (χ4n) is 1.44. The third-order valence-corrected chi connectivity index (χ3v) is 2.12. The largest absolute Gasteiger partial charge is 0.371 e. The first-order valence-electron chi connectivity index (χ1n) is 4.55. The zero-order valence-corrected chi connectivity index (χ0v) is 7.44. The maximum absolute atomic E-state index is 5.64. The highest BCUT2D eigenvalue weighted by Gasteiger charge is 2.14. The van der Waals surface area contributed by atoms with Crippen molar-refractivity contribution in [3.63, 3.8) is 0 Å². The second kappa shape index (κ2) is 4.30. The molecule has 1 aromatic rings. The molecule has 0 bridgehead atoms. The summed E-state index contributed by atoms with van der Waals surface area (Å²) in [5, 5.41) is 3.28. The highest BCUT2D eigenvalue weighted by atomic mass is 16.5. The van der Waals surface area contributed by atoms with Gasteiger partial charge in [-0.1, -0.05) is 0 Å². The van der Waals surface area contributed by atoms with Crippen LogP contribution in [0.25, 0.3) is 0 Å². The lowest BCUT2D eigenvalue weighted by Crippen LogP contribution is -2.16. The molecule has 0 amide bonds. The third-order valence-electron chi connectivity index (χ3n) is 2.12. The van der Waals surface area contributed by atoms with Crippen molar-refractivity contribution in [1.82, 2.24) is 15.3 Å². The van der Waals surface area contributed by atoms with E-state index in [2.05, 4.69) is 15.3 Å². The predicted octanol–water partition coefficient (Wildman–Crippen LogP) is 0.528. The van der Waals surface area contributed by atoms with Crippen LogP contribution < -0.4 is 5.32 Å². The van der Waals surface area contributed by atoms with E-state index in [9.17, 15) is 0 Å². The van der Waals surface area contributed by atoms with Gasteiger partial charge in [0.1, 0.15) is 12.4 Å². The van der Waals surface area contributed by atoms with Gasteiger partial charge in [-0.05, 0) is 19.0 Å². The van der Waals surface area contributed by atoms with Crippen molar-refractivity contribution in [3.05, 3.63) is 24.3 Å². The molecule has 1 aromatic heterocycles. The van der Waals surface area contributed by atoms with Crippen molar-refractivity contribution in [2.75, 3.05) is 19.7 Å². The minimum atomic E-state index is 0.137. The molecule has 2 rings (SSSR count). The topological polar surface area (TPSA) is 47.0 Å². The average molecular weight is 179 g/mol. The van der Waals surface area contributed by atoms with Crippen molar-refractivity contribution >= 4 is 0 Å². The third kappa shape index (κ3) is 2.23. The summed E-state index contributed by atoms with van der Waals surface area (Å²) in [6.45, 7) is 2.69. The first-order chi connectivity index (χ1) is 6.47. The first kappa shape index (κ1) is 8.59. The van der Waals surface area contributed by atoms with Gasteiger partial charge >= 0.3 is 0 Å². The van der Waals surface area contributed by atoms with Crippen LogP contribution in [0.4, 0.5) is 0 Å². The van der Waals surface area contributed by atoms with Gasteiger partial charge in [0, 0.05) is 12.7 Å². The number of nitrogens with zero attached hydrogens (tertiary/aromatic N) is 2. The number of nitrogens with one attached hydrogen (secondary N) is 1. The lowest BCUT2D eigenvalue weighted by Gasteiger charge is -2.12. The molecule has 0 radical (unpaired) electrons. The van der Waals surface area contributed by atoms with Gasteiger partial charge in [0.25, 0.3) is 0 Å². The van der Waals surface area contributed by atoms with Crippen LogP contribution in [0.5, 0.6) is 0 Å². The molecule has 1 saturated heterocycles. The summed E-state index contributed by atoms with van der Waals surface area (Å²) in [5.74, 6) is 0. The first-order valence-corrected chi connectivity index (χ1v) is 4.55. The average Bonchev–Trinajstić information content (AvgIpc) is 2.47. The predicted molar refractivity (Wildman–Crippen MR) is 48.2 cm³/mol. The molecule has 0 aliphatic carbocycles. The minimum Gasteiger partial charge on any atom is -0.371 e. The summed E-state index contributed by atoms with van der Waals surface area (Å²) in [4.78, 5) is 8.06. The van der Waals surface area contributed by atoms with E-state index in [0.29, 0.717) is 0 Å². The number of rotatable bonds is 1. The summed E-state index contributed by atoms with van der Waals surface area (Å²) in [7, 11) is 0. The van der Waals surface area contributed by atoms with Crippen molar-refractivity contribution in [2.45, 2.75) is 12.5 Å². The van der Waals surface area contributed by atoms with Crippen LogP contribution >= 0.6 is 0 Å². The molecule has 1 N–H and O–H groups in total. The second-order valence-electron chi connectivity index (χ2n) is 3.03. The Morgan fingerprint density at radius 1 is 1.46 bits per heavy atom. The molecular formula is C9H13N3O. The van der Waals surface area contributed by atoms with Crippen LogP contribution in [0.15, 0.2) is 18.6 Å². The minimum absolute atomic E-state index is 0.137. The van der Waals surface area contributed by atoms with Gasteiger partial charge in [-0.3, -0.25) is 0 Å². The molecule has 1 atom stereocenters. The molecule has 0 spiro atoms. The molecule has 4 heteroatoms. The molecule has 1 aliphatic heterocycles. The van der Waals surface area contributed by atoms with E-state index in [1.54, 1.807) is 12.5 Å². The smallest absolute Gasteiger partial charge is 0.115 e. The normalized spacial score (nSPS) is 23.8. The van der Waals surface area contributed by atoms with Gasteiger partial charge in [-0.25, -0.2) is 9.97 Å². The van der Waals surface area contributed by atoms with Gasteiger partial charge in [0.15, 0.2) is 0 Å². The molecule has 4 nitrogen and oxygen atoms in total. The van der Waals surface area contributed by atoms with Crippen LogP contribution in [0.1, 0.15) is 18.2 Å². The maximum Gasteiger partial charge on any atom is 0.115 e. The van der Waals surface area contributed by atoms with Crippen LogP contribution in [0.2, 0.25) is 0 Å². The van der Waals surface area contributed by atoms with Gasteiger partial charge in [0.2, 0.25) is 0 Å². The van der Waals surface area contributed by atoms with Crippen LogP contribution in [0, 0.1) is 0 Å². The fraction of sp³-hybridized carbons (Fsp3) is 0.556. The van der Waals surface area contributed by atoms with Crippen molar-refractivity contribution in [3.8, 4) is 0 Å². The van der Waals surface area contributed by atoms with E-state index in [0.717, 1.165) is 31.8 Å². The Bertz CT molecular complexity index is 244. The Morgan fingerprint density at radius 3 is 3.31 bits per heavy atom. The van der Waals surface area contributed by atoms with E-state index in [1.807, 2.05) is 6.07 Å². The van der Waals surface area contributed by atoms with Gasteiger partial charge in [0.05, 0.1) is 12.3 Å². The molecule has 70 valence electrons. The lowest BCUT2D eigenvalue weighted by atomic mass is 10.2. The monoisotopic (exact) mass is 179 g/mol. The number of hydrogen-bond acceptors (Lipinski definition) is 4. The second-order valence-corrected chi connectivity index (χ2v) is 3.03. The maximum atomic E-state index is 5.64. The lowest BCUT2D eigenvalue weighted by molar-refractivity contribution is 0.0613. The van der Waals surface area contributed by atoms with Crippen molar-refractivity contribution in [2.24, 2.45) is 0 Å². The van der Waals surface area contributed by atoms with E-state index >= 15 is 0 Å². The van der Waals surface area contributed by atoms with Crippen LogP contribution in [-0.4, -0.2) is 29.7 Å². The molecule has 13 heavy (non-hydrogen) atoms. The molecular weight excluding hydrogens is 166 g/mol. The Kier molecular flexibility index (Phi) is 2.84. The van der Waals surface area contributed by atoms with Gasteiger partial charge in [-0.2, -0.15) is 0 Å². The van der Waals surface area contributed by atoms with E-state index < -0.39 is 0 Å². The van der Waals surface area contributed by atoms with Gasteiger partial charge in [-0.15, -0.1) is 0 Å². The number of hydrogen-bond donors (Lipinski definition) is 1. The molecule has 0 saturated carbocycles. The fourth-order valence-corrected chi connectivity index (χ4v) is 1.44. The summed E-state index contributed by atoms with van der Waals surface area (Å²) >= 11 is 0. The van der Waals surface area contributed by atoms with Gasteiger partial charge < -0.3 is 10.1 Å². The Labute approximate surface area is 77.4 Å². The molecule has 2 heterocycles. The quantitative estimate of drug-likeness (QED) is 0.683. The summed E-state index contributed by atoms with van der Waals surface area (Å²) < 4.78 is 5.64. The number of aromatic nitrogens is 2. The van der Waals surface area contributed by atoms with E-state index in [-0.39, 0.29) is 6.10 Å². The molecule has 0 unspecified atom stereocenters. The van der Waals surface area contributed by atoms with E-state index in [1.165, 1.54) is 0 Å². The summed E-state index contributed by atoms with van der Waals surface area (Å²) in [6.07, 6.45) is 4.44. The SMILES string of the molecule is c1cc([C@H]2CCNCCO2)ncn1. The standard InChI is InChI=1S/C9H13N3O/c1-3-11-7-12-8(1)9-2-4-10-5-6-13-9/h1,3,7,9-10H,2,4-6H2/t9-/m1/s1. The van der Waals surface area contributed by atoms with Crippen molar-refractivity contribution in [1.29, 1.82) is 0 Å². The highest BCUT2D eigenvalue weighted by molar-refractivity contribution is 5.02. The Balaban J connectivity index is 2.06. The molecule has 1 fully saturated rings. The molecule has 0 aromatic carbocycles. The van der Waals surface area contributed by atoms with Crippen molar-refractivity contribution < 1.29 is 4.74 Å². The number of ether oxygens (including phenoxy) is 1. The highest BCUT2D eigenvalue weighted by Crippen LogP contribution is 2.18. The Hall–Kier alpha value is -1.00. The molecule has 1 aliphatic rings. The van der Waals surface area contributed by atoms with Crippen LogP contribution in [0.3, 0.4) is 0 Å². The van der Waals surface area contributed by atoms with E-state index in [4.69, 9.17) is 4.74 Å². The summed E-state index contributed by atoms with van der Waals surface area (Å²) in [5.41, 5.74) is 0.985. The Morgan fingerprint density at radius 2 is 2.46 bits per heavy atom.